The van der Waals surface area contributed by atoms with Gasteiger partial charge in [0.15, 0.2) is 11.6 Å². The van der Waals surface area contributed by atoms with Crippen LogP contribution in [-0.4, -0.2) is 94.0 Å². The summed E-state index contributed by atoms with van der Waals surface area (Å²) in [4.78, 5) is 34.6. The van der Waals surface area contributed by atoms with Gasteiger partial charge in [-0.3, -0.25) is 19.7 Å². The van der Waals surface area contributed by atoms with E-state index in [1.54, 1.807) is 24.3 Å². The van der Waals surface area contributed by atoms with Crippen LogP contribution in [0.2, 0.25) is 0 Å². The van der Waals surface area contributed by atoms with E-state index in [1.165, 1.54) is 11.1 Å². The van der Waals surface area contributed by atoms with E-state index in [9.17, 15) is 18.0 Å². The maximum absolute atomic E-state index is 16.5. The number of fused-ring (bicyclic) bond motifs is 2. The number of ether oxygens (including phenoxy) is 1. The molecule has 0 aliphatic carbocycles. The lowest BCUT2D eigenvalue weighted by Crippen LogP contribution is -2.49. The first-order valence-electron chi connectivity index (χ1n) is 14.3. The highest BCUT2D eigenvalue weighted by molar-refractivity contribution is 6.00. The number of amides is 1. The third-order valence-electron chi connectivity index (χ3n) is 8.31. The van der Waals surface area contributed by atoms with Gasteiger partial charge in [0.25, 0.3) is 11.8 Å². The van der Waals surface area contributed by atoms with Crippen LogP contribution in [0.4, 0.5) is 23.4 Å². The molecule has 2 aliphatic rings. The van der Waals surface area contributed by atoms with E-state index in [0.717, 1.165) is 16.3 Å². The van der Waals surface area contributed by atoms with Gasteiger partial charge in [0.1, 0.15) is 17.0 Å². The molecule has 5 heterocycles. The fourth-order valence-corrected chi connectivity index (χ4v) is 6.08. The molecule has 0 bridgehead atoms. The number of likely N-dealkylation sites (tertiary alicyclic amines) is 1. The number of hydrogen-bond acceptors (Lipinski definition) is 8. The van der Waals surface area contributed by atoms with E-state index >= 15 is 4.39 Å². The highest BCUT2D eigenvalue weighted by atomic mass is 19.3. The molecular weight excluding hydrogens is 578 g/mol. The molecule has 2 saturated heterocycles. The molecule has 2 fully saturated rings. The second kappa shape index (κ2) is 11.6. The molecule has 1 amide bonds. The molecule has 44 heavy (non-hydrogen) atoms. The number of halogens is 4. The molecule has 1 atom stereocenters. The second-order valence-electron chi connectivity index (χ2n) is 11.3. The third kappa shape index (κ3) is 5.63. The van der Waals surface area contributed by atoms with Crippen molar-refractivity contribution in [2.45, 2.75) is 31.7 Å². The first kappa shape index (κ1) is 29.7. The smallest absolute Gasteiger partial charge is 0.319 e. The van der Waals surface area contributed by atoms with Crippen molar-refractivity contribution in [1.29, 1.82) is 0 Å². The molecule has 0 unspecified atom stereocenters. The molecule has 13 heteroatoms. The zero-order valence-electron chi connectivity index (χ0n) is 24.4. The topological polar surface area (TPSA) is 87.6 Å². The number of benzene rings is 1. The van der Waals surface area contributed by atoms with Gasteiger partial charge in [-0.15, -0.1) is 0 Å². The number of carbonyl (C=O) groups excluding carboxylic acids is 1. The maximum atomic E-state index is 16.5. The van der Waals surface area contributed by atoms with E-state index in [0.29, 0.717) is 23.2 Å². The molecule has 2 aliphatic heterocycles. The number of rotatable bonds is 7. The van der Waals surface area contributed by atoms with Crippen LogP contribution in [0.25, 0.3) is 32.9 Å². The molecule has 9 nitrogen and oxygen atoms in total. The Morgan fingerprint density at radius 1 is 1.14 bits per heavy atom. The number of hydrogen-bond donors (Lipinski definition) is 0. The van der Waals surface area contributed by atoms with Crippen LogP contribution in [0.15, 0.2) is 49.2 Å². The van der Waals surface area contributed by atoms with Crippen LogP contribution in [0, 0.1) is 12.7 Å². The SMILES string of the molecule is C=C(F)C(=O)N1CCN(c2nc(OCC[C@H]3CC(F)(F)CN3C)nc3c(F)c(-c4cncc5cccc(C)c45)ncc23)CC1. The summed E-state index contributed by atoms with van der Waals surface area (Å²) in [5, 5.41) is 1.97. The van der Waals surface area contributed by atoms with E-state index < -0.39 is 23.5 Å². The summed E-state index contributed by atoms with van der Waals surface area (Å²) >= 11 is 0. The summed E-state index contributed by atoms with van der Waals surface area (Å²) in [5.41, 5.74) is 1.47. The molecule has 0 saturated carbocycles. The zero-order chi connectivity index (χ0) is 31.2. The number of carbonyl (C=O) groups is 1. The largest absolute Gasteiger partial charge is 0.463 e. The van der Waals surface area contributed by atoms with Gasteiger partial charge in [0.2, 0.25) is 0 Å². The minimum absolute atomic E-state index is 0.0271. The monoisotopic (exact) mass is 609 g/mol. The summed E-state index contributed by atoms with van der Waals surface area (Å²) < 4.78 is 63.5. The van der Waals surface area contributed by atoms with Gasteiger partial charge in [0, 0.05) is 68.2 Å². The van der Waals surface area contributed by atoms with Crippen molar-refractivity contribution in [3.05, 3.63) is 60.6 Å². The molecule has 3 aromatic heterocycles. The van der Waals surface area contributed by atoms with Gasteiger partial charge in [-0.1, -0.05) is 24.8 Å². The quantitative estimate of drug-likeness (QED) is 0.216. The van der Waals surface area contributed by atoms with Crippen LogP contribution < -0.4 is 9.64 Å². The van der Waals surface area contributed by atoms with E-state index in [4.69, 9.17) is 4.74 Å². The van der Waals surface area contributed by atoms with Crippen molar-refractivity contribution >= 4 is 33.4 Å². The average Bonchev–Trinajstić information content (AvgIpc) is 3.27. The Labute approximate surface area is 251 Å². The van der Waals surface area contributed by atoms with Crippen molar-refractivity contribution in [1.82, 2.24) is 29.7 Å². The van der Waals surface area contributed by atoms with Crippen molar-refractivity contribution in [3.8, 4) is 17.3 Å². The summed E-state index contributed by atoms with van der Waals surface area (Å²) in [7, 11) is 1.65. The van der Waals surface area contributed by atoms with Crippen LogP contribution in [0.3, 0.4) is 0 Å². The Hall–Kier alpha value is -4.39. The number of pyridine rings is 2. The highest BCUT2D eigenvalue weighted by Gasteiger charge is 2.42. The standard InChI is InChI=1S/C31H31F4N7O2/c1-18-5-4-6-20-14-36-15-22(24(18)20)26-25(33)27-23(16-37-26)28(41-8-10-42(11-9-41)29(43)19(2)32)39-30(38-27)44-12-7-21-13-31(34,35)17-40(21)3/h4-6,14-16,21H,2,7-13,17H2,1,3H3/t21-/m0/s1. The van der Waals surface area contributed by atoms with Gasteiger partial charge in [0.05, 0.1) is 18.5 Å². The Morgan fingerprint density at radius 3 is 2.61 bits per heavy atom. The Morgan fingerprint density at radius 2 is 1.91 bits per heavy atom. The zero-order valence-corrected chi connectivity index (χ0v) is 24.4. The van der Waals surface area contributed by atoms with Gasteiger partial charge in [-0.2, -0.15) is 9.97 Å². The maximum Gasteiger partial charge on any atom is 0.319 e. The highest BCUT2D eigenvalue weighted by Crippen LogP contribution is 2.36. The van der Waals surface area contributed by atoms with Crippen molar-refractivity contribution in [3.63, 3.8) is 0 Å². The van der Waals surface area contributed by atoms with Gasteiger partial charge < -0.3 is 14.5 Å². The Bertz CT molecular complexity index is 1760. The number of aromatic nitrogens is 4. The fraction of sp³-hybridized carbons (Fsp3) is 0.387. The minimum Gasteiger partial charge on any atom is -0.463 e. The predicted molar refractivity (Wildman–Crippen MR) is 158 cm³/mol. The molecule has 0 radical (unpaired) electrons. The number of piperazine rings is 1. The van der Waals surface area contributed by atoms with Crippen LogP contribution in [0.5, 0.6) is 6.01 Å². The molecule has 0 N–H and O–H groups in total. The lowest BCUT2D eigenvalue weighted by atomic mass is 10.00. The molecule has 4 aromatic rings. The molecule has 0 spiro atoms. The normalized spacial score (nSPS) is 18.7. The van der Waals surface area contributed by atoms with Gasteiger partial charge in [-0.05, 0) is 31.3 Å². The predicted octanol–water partition coefficient (Wildman–Crippen LogP) is 4.93. The van der Waals surface area contributed by atoms with E-state index in [2.05, 4.69) is 26.5 Å². The van der Waals surface area contributed by atoms with E-state index in [1.807, 2.05) is 30.0 Å². The minimum atomic E-state index is -2.76. The third-order valence-corrected chi connectivity index (χ3v) is 8.31. The summed E-state index contributed by atoms with van der Waals surface area (Å²) in [6, 6.07) is 5.23. The summed E-state index contributed by atoms with van der Waals surface area (Å²) in [6.07, 6.45) is 4.81. The van der Waals surface area contributed by atoms with Crippen molar-refractivity contribution in [2.24, 2.45) is 0 Å². The first-order chi connectivity index (χ1) is 21.0. The van der Waals surface area contributed by atoms with Crippen LogP contribution >= 0.6 is 0 Å². The lowest BCUT2D eigenvalue weighted by Gasteiger charge is -2.35. The molecule has 1 aromatic carbocycles. The Balaban J connectivity index is 1.37. The molecule has 6 rings (SSSR count). The van der Waals surface area contributed by atoms with Gasteiger partial charge >= 0.3 is 6.01 Å². The van der Waals surface area contributed by atoms with E-state index in [-0.39, 0.29) is 69.0 Å². The lowest BCUT2D eigenvalue weighted by molar-refractivity contribution is -0.128. The van der Waals surface area contributed by atoms with Crippen LogP contribution in [-0.2, 0) is 4.79 Å². The summed E-state index contributed by atoms with van der Waals surface area (Å²) in [6.45, 7) is 5.69. The van der Waals surface area contributed by atoms with Crippen molar-refractivity contribution < 1.29 is 27.1 Å². The average molecular weight is 610 g/mol. The van der Waals surface area contributed by atoms with Gasteiger partial charge in [-0.25, -0.2) is 17.6 Å². The Kier molecular flexibility index (Phi) is 7.82. The van der Waals surface area contributed by atoms with Crippen LogP contribution in [0.1, 0.15) is 18.4 Å². The molecular formula is C31H31F4N7O2. The molecule has 230 valence electrons. The second-order valence-corrected chi connectivity index (χ2v) is 11.3. The first-order valence-corrected chi connectivity index (χ1v) is 14.3. The number of alkyl halides is 2. The number of aryl methyl sites for hydroxylation is 1. The number of anilines is 1. The summed E-state index contributed by atoms with van der Waals surface area (Å²) in [5.74, 6) is -4.92. The number of nitrogens with zero attached hydrogens (tertiary/aromatic N) is 7. The van der Waals surface area contributed by atoms with Crippen molar-refractivity contribution in [2.75, 3.05) is 51.3 Å². The fourth-order valence-electron chi connectivity index (χ4n) is 6.08.